The van der Waals surface area contributed by atoms with E-state index in [4.69, 9.17) is 0 Å². The molecule has 1 aromatic rings. The summed E-state index contributed by atoms with van der Waals surface area (Å²) in [4.78, 5) is 9.89. The van der Waals surface area contributed by atoms with E-state index >= 15 is 0 Å². The standard InChI is InChI=1S/C4H2F2N2OS/c5-4(6)3-2(1-9)10-8-7-3/h1,4H. The Hall–Kier alpha value is -0.910. The number of carbonyl (C=O) groups is 1. The third-order valence-electron chi connectivity index (χ3n) is 0.854. The predicted molar refractivity (Wildman–Crippen MR) is 30.3 cm³/mol. The average molecular weight is 164 g/mol. The van der Waals surface area contributed by atoms with Gasteiger partial charge in [-0.1, -0.05) is 4.49 Å². The Labute approximate surface area is 58.8 Å². The largest absolute Gasteiger partial charge is 0.297 e. The van der Waals surface area contributed by atoms with Gasteiger partial charge in [-0.05, 0) is 11.5 Å². The summed E-state index contributed by atoms with van der Waals surface area (Å²) in [5.74, 6) is 0. The molecule has 3 nitrogen and oxygen atoms in total. The SMILES string of the molecule is O=Cc1snnc1C(F)F. The first kappa shape index (κ1) is 7.20. The minimum absolute atomic E-state index is 0.102. The van der Waals surface area contributed by atoms with Crippen LogP contribution in [0.2, 0.25) is 0 Å². The van der Waals surface area contributed by atoms with Crippen LogP contribution in [0, 0.1) is 0 Å². The maximum absolute atomic E-state index is 11.8. The summed E-state index contributed by atoms with van der Waals surface area (Å²) in [7, 11) is 0. The first-order chi connectivity index (χ1) is 4.75. The molecule has 0 N–H and O–H groups in total. The van der Waals surface area contributed by atoms with E-state index in [0.29, 0.717) is 17.8 Å². The quantitative estimate of drug-likeness (QED) is 0.618. The minimum Gasteiger partial charge on any atom is -0.297 e. The zero-order valence-corrected chi connectivity index (χ0v) is 5.44. The lowest BCUT2D eigenvalue weighted by Crippen LogP contribution is -1.88. The molecule has 0 atom stereocenters. The fourth-order valence-electron chi connectivity index (χ4n) is 0.437. The van der Waals surface area contributed by atoms with Gasteiger partial charge < -0.3 is 0 Å². The van der Waals surface area contributed by atoms with Crippen molar-refractivity contribution in [3.63, 3.8) is 0 Å². The third-order valence-corrected chi connectivity index (χ3v) is 1.52. The number of nitrogens with zero attached hydrogens (tertiary/aromatic N) is 2. The van der Waals surface area contributed by atoms with Gasteiger partial charge in [0.25, 0.3) is 6.43 Å². The molecule has 0 aromatic carbocycles. The van der Waals surface area contributed by atoms with Gasteiger partial charge in [-0.3, -0.25) is 4.79 Å². The molecule has 0 bridgehead atoms. The van der Waals surface area contributed by atoms with Gasteiger partial charge >= 0.3 is 0 Å². The van der Waals surface area contributed by atoms with E-state index in [-0.39, 0.29) is 4.88 Å². The highest BCUT2D eigenvalue weighted by molar-refractivity contribution is 7.07. The molecule has 0 saturated carbocycles. The van der Waals surface area contributed by atoms with Crippen molar-refractivity contribution in [2.45, 2.75) is 6.43 Å². The summed E-state index contributed by atoms with van der Waals surface area (Å²) in [6.07, 6.45) is -2.38. The number of hydrogen-bond acceptors (Lipinski definition) is 4. The highest BCUT2D eigenvalue weighted by Gasteiger charge is 2.16. The Morgan fingerprint density at radius 3 is 2.70 bits per heavy atom. The van der Waals surface area contributed by atoms with Crippen molar-refractivity contribution in [1.82, 2.24) is 9.59 Å². The van der Waals surface area contributed by atoms with Crippen LogP contribution in [-0.4, -0.2) is 15.9 Å². The van der Waals surface area contributed by atoms with Crippen LogP contribution >= 0.6 is 11.5 Å². The molecule has 0 unspecified atom stereocenters. The summed E-state index contributed by atoms with van der Waals surface area (Å²) in [5, 5.41) is 3.07. The molecule has 10 heavy (non-hydrogen) atoms. The van der Waals surface area contributed by atoms with Crippen LogP contribution in [0.1, 0.15) is 21.8 Å². The summed E-state index contributed by atoms with van der Waals surface area (Å²) >= 11 is 0.669. The Morgan fingerprint density at radius 2 is 2.30 bits per heavy atom. The smallest absolute Gasteiger partial charge is 0.283 e. The Morgan fingerprint density at radius 1 is 1.60 bits per heavy atom. The number of halogens is 2. The minimum atomic E-state index is -2.71. The third kappa shape index (κ3) is 1.15. The first-order valence-corrected chi connectivity index (χ1v) is 3.08. The summed E-state index contributed by atoms with van der Waals surface area (Å²) < 4.78 is 26.8. The van der Waals surface area contributed by atoms with E-state index in [2.05, 4.69) is 9.59 Å². The Bertz CT molecular complexity index is 237. The van der Waals surface area contributed by atoms with Crippen LogP contribution < -0.4 is 0 Å². The maximum atomic E-state index is 11.8. The van der Waals surface area contributed by atoms with E-state index in [0.717, 1.165) is 0 Å². The van der Waals surface area contributed by atoms with E-state index in [1.54, 1.807) is 0 Å². The molecule has 1 heterocycles. The van der Waals surface area contributed by atoms with Crippen LogP contribution in [0.4, 0.5) is 8.78 Å². The van der Waals surface area contributed by atoms with Gasteiger partial charge in [-0.2, -0.15) is 0 Å². The zero-order chi connectivity index (χ0) is 7.56. The molecule has 1 aromatic heterocycles. The molecule has 0 aliphatic heterocycles. The average Bonchev–Trinajstić information content (AvgIpc) is 2.33. The lowest BCUT2D eigenvalue weighted by Gasteiger charge is -1.88. The van der Waals surface area contributed by atoms with Gasteiger partial charge in [0.2, 0.25) is 0 Å². The molecule has 54 valence electrons. The fraction of sp³-hybridized carbons (Fsp3) is 0.250. The van der Waals surface area contributed by atoms with Gasteiger partial charge in [-0.25, -0.2) is 8.78 Å². The van der Waals surface area contributed by atoms with E-state index < -0.39 is 12.1 Å². The molecular formula is C4H2F2N2OS. The first-order valence-electron chi connectivity index (χ1n) is 2.31. The monoisotopic (exact) mass is 164 g/mol. The molecule has 0 aliphatic rings. The van der Waals surface area contributed by atoms with Crippen molar-refractivity contribution in [3.8, 4) is 0 Å². The molecule has 0 radical (unpaired) electrons. The molecule has 6 heteroatoms. The lowest BCUT2D eigenvalue weighted by molar-refractivity contribution is 0.110. The van der Waals surface area contributed by atoms with E-state index in [1.165, 1.54) is 0 Å². The highest BCUT2D eigenvalue weighted by atomic mass is 32.1. The summed E-state index contributed by atoms with van der Waals surface area (Å²) in [5.41, 5.74) is -0.528. The van der Waals surface area contributed by atoms with Crippen molar-refractivity contribution in [1.29, 1.82) is 0 Å². The molecule has 0 spiro atoms. The summed E-state index contributed by atoms with van der Waals surface area (Å²) in [6.45, 7) is 0. The molecular weight excluding hydrogens is 162 g/mol. The van der Waals surface area contributed by atoms with Crippen molar-refractivity contribution < 1.29 is 13.6 Å². The van der Waals surface area contributed by atoms with E-state index in [9.17, 15) is 13.6 Å². The molecule has 0 fully saturated rings. The van der Waals surface area contributed by atoms with Crippen LogP contribution in [0.25, 0.3) is 0 Å². The van der Waals surface area contributed by atoms with Gasteiger partial charge in [0.1, 0.15) is 4.88 Å². The fourth-order valence-corrected chi connectivity index (χ4v) is 0.921. The molecule has 1 rings (SSSR count). The number of aromatic nitrogens is 2. The second-order valence-corrected chi connectivity index (χ2v) is 2.23. The number of rotatable bonds is 2. The number of alkyl halides is 2. The van der Waals surface area contributed by atoms with Crippen LogP contribution in [0.5, 0.6) is 0 Å². The Kier molecular flexibility index (Phi) is 2.00. The van der Waals surface area contributed by atoms with Crippen molar-refractivity contribution in [2.75, 3.05) is 0 Å². The lowest BCUT2D eigenvalue weighted by atomic mass is 10.4. The maximum Gasteiger partial charge on any atom is 0.283 e. The highest BCUT2D eigenvalue weighted by Crippen LogP contribution is 2.20. The van der Waals surface area contributed by atoms with Crippen molar-refractivity contribution in [2.24, 2.45) is 0 Å². The topological polar surface area (TPSA) is 42.9 Å². The number of hydrogen-bond donors (Lipinski definition) is 0. The van der Waals surface area contributed by atoms with Gasteiger partial charge in [-0.15, -0.1) is 5.10 Å². The van der Waals surface area contributed by atoms with E-state index in [1.807, 2.05) is 0 Å². The number of aldehydes is 1. The zero-order valence-electron chi connectivity index (χ0n) is 4.62. The Balaban J connectivity index is 3.01. The second kappa shape index (κ2) is 2.78. The van der Waals surface area contributed by atoms with Crippen molar-refractivity contribution in [3.05, 3.63) is 10.6 Å². The van der Waals surface area contributed by atoms with Crippen molar-refractivity contribution >= 4 is 17.8 Å². The summed E-state index contributed by atoms with van der Waals surface area (Å²) in [6, 6.07) is 0. The normalized spacial score (nSPS) is 10.3. The van der Waals surface area contributed by atoms with Crippen LogP contribution in [0.3, 0.4) is 0 Å². The van der Waals surface area contributed by atoms with Gasteiger partial charge in [0, 0.05) is 0 Å². The van der Waals surface area contributed by atoms with Gasteiger partial charge in [0.05, 0.1) is 0 Å². The molecule has 0 amide bonds. The molecule has 0 aliphatic carbocycles. The second-order valence-electron chi connectivity index (χ2n) is 1.44. The van der Waals surface area contributed by atoms with Crippen LogP contribution in [-0.2, 0) is 0 Å². The predicted octanol–water partition coefficient (Wildman–Crippen LogP) is 1.29. The van der Waals surface area contributed by atoms with Crippen LogP contribution in [0.15, 0.2) is 0 Å². The van der Waals surface area contributed by atoms with Gasteiger partial charge in [0.15, 0.2) is 12.0 Å². The number of carbonyl (C=O) groups excluding carboxylic acids is 1. The molecule has 0 saturated heterocycles.